The number of nitrogens with zero attached hydrogens (tertiary/aromatic N) is 5. The van der Waals surface area contributed by atoms with Gasteiger partial charge in [0.1, 0.15) is 12.1 Å². The molecule has 2 amide bonds. The highest BCUT2D eigenvalue weighted by Crippen LogP contribution is 2.36. The number of benzene rings is 3. The van der Waals surface area contributed by atoms with E-state index in [2.05, 4.69) is 21.7 Å². The molecule has 9 heteroatoms. The lowest BCUT2D eigenvalue weighted by Gasteiger charge is -2.18. The summed E-state index contributed by atoms with van der Waals surface area (Å²) in [7, 11) is 0. The van der Waals surface area contributed by atoms with Gasteiger partial charge in [-0.2, -0.15) is 0 Å². The minimum absolute atomic E-state index is 0.0187. The highest BCUT2D eigenvalue weighted by molar-refractivity contribution is 7.16. The Balaban J connectivity index is 1.19. The maximum atomic E-state index is 13.1. The summed E-state index contributed by atoms with van der Waals surface area (Å²) in [4.78, 5) is 33.4. The molecule has 0 fully saturated rings. The number of thiazole rings is 1. The van der Waals surface area contributed by atoms with Crippen molar-refractivity contribution in [1.29, 1.82) is 0 Å². The van der Waals surface area contributed by atoms with E-state index in [1.807, 2.05) is 79.4 Å². The molecule has 1 N–H and O–H groups in total. The third-order valence-corrected chi connectivity index (χ3v) is 7.40. The van der Waals surface area contributed by atoms with Crippen LogP contribution in [0, 0.1) is 13.8 Å². The molecular formula is C28H24N6O2S. The predicted molar refractivity (Wildman–Crippen MR) is 145 cm³/mol. The van der Waals surface area contributed by atoms with Crippen LogP contribution in [0.4, 0.5) is 10.8 Å². The first kappa shape index (κ1) is 23.1. The van der Waals surface area contributed by atoms with Gasteiger partial charge in [-0.25, -0.2) is 9.67 Å². The maximum Gasteiger partial charge on any atom is 0.258 e. The smallest absolute Gasteiger partial charge is 0.258 e. The van der Waals surface area contributed by atoms with Crippen LogP contribution in [0.2, 0.25) is 0 Å². The van der Waals surface area contributed by atoms with Gasteiger partial charge in [-0.05, 0) is 62.2 Å². The van der Waals surface area contributed by atoms with Gasteiger partial charge in [0, 0.05) is 28.2 Å². The van der Waals surface area contributed by atoms with Gasteiger partial charge in [-0.1, -0.05) is 41.1 Å². The van der Waals surface area contributed by atoms with Crippen molar-refractivity contribution in [2.75, 3.05) is 16.8 Å². The number of carbonyl (C=O) groups excluding carboxylic acids is 2. The topological polar surface area (TPSA) is 93.0 Å². The summed E-state index contributed by atoms with van der Waals surface area (Å²) in [5.74, 6) is -0.194. The Bertz CT molecular complexity index is 1670. The van der Waals surface area contributed by atoms with Crippen molar-refractivity contribution in [1.82, 2.24) is 20.0 Å². The van der Waals surface area contributed by atoms with Crippen LogP contribution in [0.25, 0.3) is 22.3 Å². The zero-order chi connectivity index (χ0) is 25.5. The standard InChI is InChI=1S/C28H24N6O2S/c1-17-6-5-7-21(14-17)27(36)33-13-12-19-15-20(10-11-23(19)33)26-18(2)37-28(30-26)29-25(35)16-34-24-9-4-3-8-22(24)31-32-34/h3-11,14-15H,12-13,16H2,1-2H3,(H,29,30,35). The lowest BCUT2D eigenvalue weighted by Crippen LogP contribution is -2.28. The fourth-order valence-corrected chi connectivity index (χ4v) is 5.59. The number of amides is 2. The van der Waals surface area contributed by atoms with Crippen molar-refractivity contribution in [3.63, 3.8) is 0 Å². The van der Waals surface area contributed by atoms with E-state index in [1.165, 1.54) is 11.3 Å². The quantitative estimate of drug-likeness (QED) is 0.360. The number of rotatable bonds is 5. The molecule has 0 radical (unpaired) electrons. The fourth-order valence-electron chi connectivity index (χ4n) is 4.74. The summed E-state index contributed by atoms with van der Waals surface area (Å²) in [6.45, 7) is 4.69. The largest absolute Gasteiger partial charge is 0.308 e. The maximum absolute atomic E-state index is 13.1. The minimum atomic E-state index is -0.213. The SMILES string of the molecule is Cc1cccc(C(=O)N2CCc3cc(-c4nc(NC(=O)Cn5nnc6ccccc65)sc4C)ccc32)c1. The summed E-state index contributed by atoms with van der Waals surface area (Å²) < 4.78 is 1.58. The first-order valence-electron chi connectivity index (χ1n) is 12.0. The molecule has 0 atom stereocenters. The van der Waals surface area contributed by atoms with Crippen LogP contribution in [0.5, 0.6) is 0 Å². The number of nitrogens with one attached hydrogen (secondary N) is 1. The van der Waals surface area contributed by atoms with Gasteiger partial charge in [-0.3, -0.25) is 9.59 Å². The number of carbonyl (C=O) groups is 2. The fraction of sp³-hybridized carbons (Fsp3) is 0.179. The Labute approximate surface area is 217 Å². The second kappa shape index (κ2) is 9.25. The summed E-state index contributed by atoms with van der Waals surface area (Å²) in [6, 6.07) is 21.3. The molecule has 0 bridgehead atoms. The molecule has 8 nitrogen and oxygen atoms in total. The van der Waals surface area contributed by atoms with Gasteiger partial charge in [0.15, 0.2) is 5.13 Å². The number of anilines is 2. The Hall–Kier alpha value is -4.37. The molecular weight excluding hydrogens is 484 g/mol. The molecule has 3 heterocycles. The van der Waals surface area contributed by atoms with Crippen LogP contribution in [0.1, 0.15) is 26.4 Å². The molecule has 6 rings (SSSR count). The van der Waals surface area contributed by atoms with E-state index >= 15 is 0 Å². The van der Waals surface area contributed by atoms with Gasteiger partial charge >= 0.3 is 0 Å². The van der Waals surface area contributed by atoms with E-state index in [0.717, 1.165) is 50.4 Å². The molecule has 1 aliphatic rings. The number of hydrogen-bond donors (Lipinski definition) is 1. The molecule has 2 aromatic heterocycles. The van der Waals surface area contributed by atoms with Crippen molar-refractivity contribution in [2.45, 2.75) is 26.8 Å². The third-order valence-electron chi connectivity index (χ3n) is 6.52. The van der Waals surface area contributed by atoms with Crippen LogP contribution in [0.3, 0.4) is 0 Å². The predicted octanol–water partition coefficient (Wildman–Crippen LogP) is 5.01. The molecule has 5 aromatic rings. The van der Waals surface area contributed by atoms with Crippen LogP contribution >= 0.6 is 11.3 Å². The summed E-state index contributed by atoms with van der Waals surface area (Å²) in [6.07, 6.45) is 0.791. The highest BCUT2D eigenvalue weighted by Gasteiger charge is 2.26. The molecule has 184 valence electrons. The van der Waals surface area contributed by atoms with E-state index in [9.17, 15) is 9.59 Å². The van der Waals surface area contributed by atoms with E-state index in [0.29, 0.717) is 17.2 Å². The Kier molecular flexibility index (Phi) is 5.77. The number of hydrogen-bond acceptors (Lipinski definition) is 6. The Morgan fingerprint density at radius 3 is 2.76 bits per heavy atom. The normalized spacial score (nSPS) is 12.6. The molecule has 3 aromatic carbocycles. The number of aryl methyl sites for hydroxylation is 2. The van der Waals surface area contributed by atoms with Crippen molar-refractivity contribution in [3.8, 4) is 11.3 Å². The lowest BCUT2D eigenvalue weighted by molar-refractivity contribution is -0.116. The van der Waals surface area contributed by atoms with Crippen LogP contribution in [-0.4, -0.2) is 38.3 Å². The van der Waals surface area contributed by atoms with E-state index < -0.39 is 0 Å². The molecule has 0 saturated heterocycles. The van der Waals surface area contributed by atoms with Gasteiger partial charge in [0.2, 0.25) is 5.91 Å². The molecule has 37 heavy (non-hydrogen) atoms. The molecule has 0 saturated carbocycles. The second-order valence-electron chi connectivity index (χ2n) is 9.13. The molecule has 0 aliphatic carbocycles. The van der Waals surface area contributed by atoms with Crippen LogP contribution < -0.4 is 10.2 Å². The summed E-state index contributed by atoms with van der Waals surface area (Å²) in [5, 5.41) is 11.6. The summed E-state index contributed by atoms with van der Waals surface area (Å²) >= 11 is 1.44. The van der Waals surface area contributed by atoms with Crippen LogP contribution in [-0.2, 0) is 17.8 Å². The van der Waals surface area contributed by atoms with E-state index in [1.54, 1.807) is 4.68 Å². The van der Waals surface area contributed by atoms with Crippen molar-refractivity contribution in [2.24, 2.45) is 0 Å². The van der Waals surface area contributed by atoms with Gasteiger partial charge in [-0.15, -0.1) is 16.4 Å². The highest BCUT2D eigenvalue weighted by atomic mass is 32.1. The monoisotopic (exact) mass is 508 g/mol. The van der Waals surface area contributed by atoms with Crippen molar-refractivity contribution < 1.29 is 9.59 Å². The number of fused-ring (bicyclic) bond motifs is 2. The number of aromatic nitrogens is 4. The first-order valence-corrected chi connectivity index (χ1v) is 12.9. The average Bonchev–Trinajstić information content (AvgIpc) is 3.60. The zero-order valence-corrected chi connectivity index (χ0v) is 21.2. The van der Waals surface area contributed by atoms with Gasteiger partial charge < -0.3 is 10.2 Å². The average molecular weight is 509 g/mol. The summed E-state index contributed by atoms with van der Waals surface area (Å²) in [5.41, 5.74) is 7.19. The Morgan fingerprint density at radius 2 is 1.89 bits per heavy atom. The first-order chi connectivity index (χ1) is 18.0. The van der Waals surface area contributed by atoms with E-state index in [-0.39, 0.29) is 18.4 Å². The van der Waals surface area contributed by atoms with Crippen molar-refractivity contribution in [3.05, 3.63) is 88.3 Å². The molecule has 0 unspecified atom stereocenters. The third kappa shape index (κ3) is 4.38. The number of para-hydroxylation sites is 1. The second-order valence-corrected chi connectivity index (χ2v) is 10.3. The van der Waals surface area contributed by atoms with Gasteiger partial charge in [0.25, 0.3) is 5.91 Å². The molecule has 0 spiro atoms. The molecule has 1 aliphatic heterocycles. The lowest BCUT2D eigenvalue weighted by atomic mass is 10.1. The zero-order valence-electron chi connectivity index (χ0n) is 20.4. The Morgan fingerprint density at radius 1 is 1.03 bits per heavy atom. The van der Waals surface area contributed by atoms with E-state index in [4.69, 9.17) is 4.98 Å². The van der Waals surface area contributed by atoms with Crippen molar-refractivity contribution >= 4 is 45.0 Å². The minimum Gasteiger partial charge on any atom is -0.308 e. The van der Waals surface area contributed by atoms with Gasteiger partial charge in [0.05, 0.1) is 11.2 Å². The van der Waals surface area contributed by atoms with Crippen LogP contribution in [0.15, 0.2) is 66.7 Å².